The van der Waals surface area contributed by atoms with E-state index in [2.05, 4.69) is 4.99 Å². The molecule has 0 bridgehead atoms. The molecule has 0 saturated heterocycles. The quantitative estimate of drug-likeness (QED) is 0.168. The van der Waals surface area contributed by atoms with Crippen molar-refractivity contribution < 1.29 is 28.6 Å². The second-order valence-corrected chi connectivity index (χ2v) is 9.14. The van der Waals surface area contributed by atoms with E-state index in [0.29, 0.717) is 50.3 Å². The Labute approximate surface area is 209 Å². The normalized spacial score (nSPS) is 14.1. The predicted octanol–water partition coefficient (Wildman–Crippen LogP) is 3.59. The zero-order chi connectivity index (χ0) is 27.0. The van der Waals surface area contributed by atoms with E-state index in [1.165, 1.54) is 0 Å². The third-order valence-corrected chi connectivity index (χ3v) is 5.02. The Balaban J connectivity index is 5.01. The molecule has 0 aromatic rings. The third-order valence-electron chi connectivity index (χ3n) is 5.02. The van der Waals surface area contributed by atoms with Crippen molar-refractivity contribution in [2.24, 2.45) is 4.99 Å². The van der Waals surface area contributed by atoms with Crippen LogP contribution in [0.1, 0.15) is 80.1 Å². The Morgan fingerprint density at radius 1 is 0.657 bits per heavy atom. The van der Waals surface area contributed by atoms with Crippen molar-refractivity contribution in [2.45, 2.75) is 98.4 Å². The lowest BCUT2D eigenvalue weighted by Crippen LogP contribution is -2.43. The van der Waals surface area contributed by atoms with Gasteiger partial charge in [0.05, 0.1) is 19.3 Å². The lowest BCUT2D eigenvalue weighted by Gasteiger charge is -2.30. The van der Waals surface area contributed by atoms with Crippen LogP contribution in [-0.4, -0.2) is 84.9 Å². The molecule has 0 rings (SSSR count). The van der Waals surface area contributed by atoms with Crippen LogP contribution in [0.15, 0.2) is 4.99 Å². The Hall–Kier alpha value is -2.62. The second kappa shape index (κ2) is 17.8. The molecule has 0 spiro atoms. The molecule has 0 aliphatic rings. The number of aliphatic imine (C=N–C) groups is 1. The molecule has 35 heavy (non-hydrogen) atoms. The Bertz CT molecular complexity index is 712. The maximum Gasteiger partial charge on any atom is 0.306 e. The van der Waals surface area contributed by atoms with E-state index in [0.717, 1.165) is 5.71 Å². The maximum absolute atomic E-state index is 12.2. The Morgan fingerprint density at radius 3 is 1.26 bits per heavy atom. The fourth-order valence-electron chi connectivity index (χ4n) is 3.25. The molecule has 0 radical (unpaired) electrons. The second-order valence-electron chi connectivity index (χ2n) is 9.14. The summed E-state index contributed by atoms with van der Waals surface area (Å²) >= 11 is 0. The number of hydrogen-bond acceptors (Lipinski definition) is 10. The lowest BCUT2D eigenvalue weighted by molar-refractivity contribution is -0.151. The van der Waals surface area contributed by atoms with Crippen molar-refractivity contribution in [3.8, 4) is 0 Å². The number of carbonyl (C=O) groups is 3. The van der Waals surface area contributed by atoms with Gasteiger partial charge in [-0.1, -0.05) is 0 Å². The maximum atomic E-state index is 12.2. The van der Waals surface area contributed by atoms with Gasteiger partial charge in [0.2, 0.25) is 0 Å². The van der Waals surface area contributed by atoms with Crippen LogP contribution in [0.4, 0.5) is 0 Å². The van der Waals surface area contributed by atoms with Gasteiger partial charge in [-0.25, -0.2) is 0 Å². The minimum Gasteiger partial charge on any atom is -0.461 e. The molecule has 0 aliphatic carbocycles. The van der Waals surface area contributed by atoms with Gasteiger partial charge in [0, 0.05) is 43.8 Å². The highest BCUT2D eigenvalue weighted by Gasteiger charge is 2.22. The number of nitrogens with one attached hydrogen (secondary N) is 2. The molecule has 3 atom stereocenters. The van der Waals surface area contributed by atoms with Crippen LogP contribution in [0, 0.1) is 10.8 Å². The molecular formula is C25H44N4O6. The van der Waals surface area contributed by atoms with Crippen molar-refractivity contribution in [3.63, 3.8) is 0 Å². The van der Waals surface area contributed by atoms with Gasteiger partial charge in [-0.15, -0.1) is 0 Å². The summed E-state index contributed by atoms with van der Waals surface area (Å²) in [5.41, 5.74) is 1.71. The van der Waals surface area contributed by atoms with Crippen LogP contribution >= 0.6 is 0 Å². The zero-order valence-electron chi connectivity index (χ0n) is 22.4. The van der Waals surface area contributed by atoms with E-state index >= 15 is 0 Å². The highest BCUT2D eigenvalue weighted by Crippen LogP contribution is 2.09. The molecule has 10 nitrogen and oxygen atoms in total. The van der Waals surface area contributed by atoms with Gasteiger partial charge in [0.15, 0.2) is 0 Å². The first kappa shape index (κ1) is 32.4. The highest BCUT2D eigenvalue weighted by atomic mass is 16.6. The summed E-state index contributed by atoms with van der Waals surface area (Å²) in [6.45, 7) is 11.6. The minimum atomic E-state index is -0.441. The number of hydrogen-bond donors (Lipinski definition) is 2. The molecule has 0 saturated carbocycles. The molecule has 0 aromatic heterocycles. The van der Waals surface area contributed by atoms with Crippen LogP contribution in [0.5, 0.6) is 0 Å². The van der Waals surface area contributed by atoms with Crippen molar-refractivity contribution in [1.29, 1.82) is 10.8 Å². The van der Waals surface area contributed by atoms with E-state index in [1.807, 2.05) is 11.8 Å². The summed E-state index contributed by atoms with van der Waals surface area (Å²) in [6.07, 6.45) is 0.479. The number of rotatable bonds is 18. The summed E-state index contributed by atoms with van der Waals surface area (Å²) in [6, 6.07) is 0. The molecule has 0 aromatic carbocycles. The largest absolute Gasteiger partial charge is 0.461 e. The van der Waals surface area contributed by atoms with E-state index < -0.39 is 18.3 Å². The van der Waals surface area contributed by atoms with Crippen molar-refractivity contribution in [3.05, 3.63) is 0 Å². The monoisotopic (exact) mass is 496 g/mol. The van der Waals surface area contributed by atoms with Gasteiger partial charge in [-0.3, -0.25) is 24.3 Å². The van der Waals surface area contributed by atoms with Crippen molar-refractivity contribution in [2.75, 3.05) is 26.7 Å². The molecule has 3 unspecified atom stereocenters. The van der Waals surface area contributed by atoms with Gasteiger partial charge in [0.25, 0.3) is 0 Å². The van der Waals surface area contributed by atoms with Crippen molar-refractivity contribution >= 4 is 35.0 Å². The molecule has 0 fully saturated rings. The topological polar surface area (TPSA) is 142 Å². The smallest absolute Gasteiger partial charge is 0.306 e. The number of esters is 3. The van der Waals surface area contributed by atoms with Crippen LogP contribution in [0.25, 0.3) is 0 Å². The fourth-order valence-corrected chi connectivity index (χ4v) is 3.25. The average molecular weight is 497 g/mol. The average Bonchev–Trinajstić information content (AvgIpc) is 2.74. The molecule has 2 N–H and O–H groups in total. The van der Waals surface area contributed by atoms with Gasteiger partial charge in [0.1, 0.15) is 18.3 Å². The van der Waals surface area contributed by atoms with E-state index in [9.17, 15) is 14.4 Å². The van der Waals surface area contributed by atoms with E-state index in [4.69, 9.17) is 25.0 Å². The summed E-state index contributed by atoms with van der Waals surface area (Å²) in [5.74, 6) is -1.07. The molecule has 10 heteroatoms. The number of ether oxygens (including phenoxy) is 3. The molecule has 0 aliphatic heterocycles. The van der Waals surface area contributed by atoms with Crippen molar-refractivity contribution in [1.82, 2.24) is 4.90 Å². The van der Waals surface area contributed by atoms with E-state index in [1.54, 1.807) is 41.7 Å². The standard InChI is InChI=1S/C25H44N4O6/c1-17(26)8-11-23(30)33-20(4)14-29(15-21(5)34-24(31)12-9-18(2)27)16-22(6)35-25(32)13-10-19(3)28-7/h20-22,26-27H,8-16H2,1-7H3. The van der Waals surface area contributed by atoms with Crippen LogP contribution in [0.2, 0.25) is 0 Å². The van der Waals surface area contributed by atoms with Gasteiger partial charge in [-0.2, -0.15) is 0 Å². The molecular weight excluding hydrogens is 452 g/mol. The summed E-state index contributed by atoms with van der Waals surface area (Å²) in [5, 5.41) is 14.9. The zero-order valence-corrected chi connectivity index (χ0v) is 22.4. The number of nitrogens with zero attached hydrogens (tertiary/aromatic N) is 2. The van der Waals surface area contributed by atoms with Crippen LogP contribution in [0.3, 0.4) is 0 Å². The summed E-state index contributed by atoms with van der Waals surface area (Å²) in [4.78, 5) is 42.3. The molecule has 0 heterocycles. The Morgan fingerprint density at radius 2 is 0.971 bits per heavy atom. The van der Waals surface area contributed by atoms with Gasteiger partial charge in [-0.05, 0) is 60.8 Å². The first-order chi connectivity index (χ1) is 16.3. The molecule has 0 amide bonds. The SMILES string of the molecule is CN=C(C)CCC(=O)OC(C)CN(CC(C)OC(=O)CCC(C)=N)CC(C)OC(=O)CCC(C)=N. The van der Waals surface area contributed by atoms with Gasteiger partial charge < -0.3 is 25.0 Å². The number of carbonyl (C=O) groups excluding carboxylic acids is 3. The van der Waals surface area contributed by atoms with Crippen LogP contribution in [-0.2, 0) is 28.6 Å². The minimum absolute atomic E-state index is 0.147. The fraction of sp³-hybridized carbons (Fsp3) is 0.760. The first-order valence-electron chi connectivity index (χ1n) is 12.1. The molecule has 200 valence electrons. The Kier molecular flexibility index (Phi) is 16.4. The first-order valence-corrected chi connectivity index (χ1v) is 12.1. The predicted molar refractivity (Wildman–Crippen MR) is 137 cm³/mol. The summed E-state index contributed by atoms with van der Waals surface area (Å²) in [7, 11) is 1.68. The third kappa shape index (κ3) is 18.4. The summed E-state index contributed by atoms with van der Waals surface area (Å²) < 4.78 is 16.5. The van der Waals surface area contributed by atoms with Crippen LogP contribution < -0.4 is 0 Å². The van der Waals surface area contributed by atoms with Gasteiger partial charge >= 0.3 is 17.9 Å². The lowest BCUT2D eigenvalue weighted by atomic mass is 10.2. The highest BCUT2D eigenvalue weighted by molar-refractivity contribution is 5.85. The van der Waals surface area contributed by atoms with E-state index in [-0.39, 0.29) is 37.2 Å².